The highest BCUT2D eigenvalue weighted by Crippen LogP contribution is 2.43. The monoisotopic (exact) mass is 160 g/mol. The van der Waals surface area contributed by atoms with Crippen LogP contribution in [0.3, 0.4) is 0 Å². The van der Waals surface area contributed by atoms with Crippen LogP contribution in [0, 0.1) is 5.41 Å². The summed E-state index contributed by atoms with van der Waals surface area (Å²) in [5.74, 6) is 0. The van der Waals surface area contributed by atoms with Crippen molar-refractivity contribution in [3.05, 3.63) is 0 Å². The summed E-state index contributed by atoms with van der Waals surface area (Å²) in [6, 6.07) is 0. The van der Waals surface area contributed by atoms with Crippen molar-refractivity contribution in [3.8, 4) is 0 Å². The van der Waals surface area contributed by atoms with E-state index in [2.05, 4.69) is 43.9 Å². The fourth-order valence-corrected chi connectivity index (χ4v) is 1.09. The molecule has 2 unspecified atom stereocenters. The Morgan fingerprint density at radius 3 is 1.50 bits per heavy atom. The van der Waals surface area contributed by atoms with Crippen molar-refractivity contribution in [1.82, 2.24) is 0 Å². The van der Waals surface area contributed by atoms with Gasteiger partial charge in [-0.15, -0.1) is 9.24 Å². The fourth-order valence-electron chi connectivity index (χ4n) is 0.882. The largest absolute Gasteiger partial charge is 0.131 e. The SMILES string of the molecule is CCC(C)(C)C(C)(P)CC. The second-order valence-electron chi connectivity index (χ2n) is 4.01. The van der Waals surface area contributed by atoms with Gasteiger partial charge < -0.3 is 0 Å². The molecule has 0 rings (SSSR count). The smallest absolute Gasteiger partial charge is 0.0130 e. The lowest BCUT2D eigenvalue weighted by Crippen LogP contribution is -2.34. The molecule has 0 saturated heterocycles. The Hall–Kier alpha value is 0.430. The minimum atomic E-state index is 0.405. The minimum absolute atomic E-state index is 0.405. The Morgan fingerprint density at radius 2 is 1.40 bits per heavy atom. The predicted octanol–water partition coefficient (Wildman–Crippen LogP) is 3.47. The van der Waals surface area contributed by atoms with Crippen LogP contribution in [-0.4, -0.2) is 5.16 Å². The van der Waals surface area contributed by atoms with Crippen LogP contribution in [0.15, 0.2) is 0 Å². The molecule has 0 aromatic heterocycles. The van der Waals surface area contributed by atoms with Gasteiger partial charge in [0.15, 0.2) is 0 Å². The van der Waals surface area contributed by atoms with Crippen LogP contribution in [0.4, 0.5) is 0 Å². The Kier molecular flexibility index (Phi) is 3.36. The van der Waals surface area contributed by atoms with Gasteiger partial charge in [-0.1, -0.05) is 41.0 Å². The van der Waals surface area contributed by atoms with Crippen molar-refractivity contribution in [2.24, 2.45) is 5.41 Å². The van der Waals surface area contributed by atoms with Crippen molar-refractivity contribution in [2.75, 3.05) is 0 Å². The van der Waals surface area contributed by atoms with E-state index in [1.807, 2.05) is 0 Å². The Bertz CT molecular complexity index is 89.3. The lowest BCUT2D eigenvalue weighted by molar-refractivity contribution is 0.249. The lowest BCUT2D eigenvalue weighted by atomic mass is 9.75. The van der Waals surface area contributed by atoms with E-state index in [1.54, 1.807) is 0 Å². The molecule has 62 valence electrons. The maximum Gasteiger partial charge on any atom is -0.0130 e. The van der Waals surface area contributed by atoms with Gasteiger partial charge in [0.25, 0.3) is 0 Å². The third-order valence-corrected chi connectivity index (χ3v) is 4.35. The van der Waals surface area contributed by atoms with E-state index in [-0.39, 0.29) is 0 Å². The highest BCUT2D eigenvalue weighted by molar-refractivity contribution is 7.19. The molecule has 0 spiro atoms. The Balaban J connectivity index is 4.28. The standard InChI is InChI=1S/C9H21P/c1-6-8(3,4)9(5,10)7-2/h6-7,10H2,1-5H3. The van der Waals surface area contributed by atoms with E-state index < -0.39 is 0 Å². The van der Waals surface area contributed by atoms with Gasteiger partial charge in [0, 0.05) is 0 Å². The average molecular weight is 160 g/mol. The molecule has 0 fully saturated rings. The molecule has 1 heteroatoms. The summed E-state index contributed by atoms with van der Waals surface area (Å²) in [5, 5.41) is 0.405. The first-order chi connectivity index (χ1) is 4.37. The van der Waals surface area contributed by atoms with Gasteiger partial charge in [-0.2, -0.15) is 0 Å². The third kappa shape index (κ3) is 1.95. The lowest BCUT2D eigenvalue weighted by Gasteiger charge is -2.40. The highest BCUT2D eigenvalue weighted by atomic mass is 31.0. The zero-order chi connectivity index (χ0) is 8.41. The van der Waals surface area contributed by atoms with Crippen LogP contribution in [0.5, 0.6) is 0 Å². The summed E-state index contributed by atoms with van der Waals surface area (Å²) in [6.45, 7) is 11.5. The van der Waals surface area contributed by atoms with E-state index in [4.69, 9.17) is 0 Å². The van der Waals surface area contributed by atoms with E-state index >= 15 is 0 Å². The molecule has 0 nitrogen and oxygen atoms in total. The summed E-state index contributed by atoms with van der Waals surface area (Å²) in [6.07, 6.45) is 2.49. The number of hydrogen-bond acceptors (Lipinski definition) is 0. The van der Waals surface area contributed by atoms with Crippen LogP contribution in [0.2, 0.25) is 0 Å². The number of hydrogen-bond donors (Lipinski definition) is 0. The maximum atomic E-state index is 2.98. The van der Waals surface area contributed by atoms with Crippen molar-refractivity contribution in [2.45, 2.75) is 52.6 Å². The van der Waals surface area contributed by atoms with Crippen LogP contribution in [-0.2, 0) is 0 Å². The quantitative estimate of drug-likeness (QED) is 0.554. The van der Waals surface area contributed by atoms with Gasteiger partial charge in [-0.25, -0.2) is 0 Å². The first-order valence-corrected chi connectivity index (χ1v) is 4.74. The molecule has 0 aliphatic carbocycles. The summed E-state index contributed by atoms with van der Waals surface area (Å²) in [5.41, 5.74) is 0.451. The first-order valence-electron chi connectivity index (χ1n) is 4.16. The zero-order valence-corrected chi connectivity index (χ0v) is 9.15. The van der Waals surface area contributed by atoms with Gasteiger partial charge in [0.05, 0.1) is 0 Å². The summed E-state index contributed by atoms with van der Waals surface area (Å²) < 4.78 is 0. The first kappa shape index (κ1) is 10.4. The van der Waals surface area contributed by atoms with E-state index in [1.165, 1.54) is 12.8 Å². The topological polar surface area (TPSA) is 0 Å². The molecule has 0 aliphatic heterocycles. The highest BCUT2D eigenvalue weighted by Gasteiger charge is 2.33. The molecule has 2 atom stereocenters. The zero-order valence-electron chi connectivity index (χ0n) is 7.99. The second-order valence-corrected chi connectivity index (χ2v) is 5.28. The second kappa shape index (κ2) is 3.22. The Morgan fingerprint density at radius 1 is 1.00 bits per heavy atom. The molecule has 0 bridgehead atoms. The fraction of sp³-hybridized carbons (Fsp3) is 1.00. The molecular formula is C9H21P. The van der Waals surface area contributed by atoms with Crippen molar-refractivity contribution in [1.29, 1.82) is 0 Å². The van der Waals surface area contributed by atoms with Gasteiger partial charge >= 0.3 is 0 Å². The van der Waals surface area contributed by atoms with Crippen LogP contribution >= 0.6 is 9.24 Å². The van der Waals surface area contributed by atoms with Crippen LogP contribution < -0.4 is 0 Å². The van der Waals surface area contributed by atoms with E-state index in [0.29, 0.717) is 10.6 Å². The molecule has 0 aromatic rings. The Labute approximate surface area is 68.0 Å². The molecule has 0 heterocycles. The molecule has 0 radical (unpaired) electrons. The predicted molar refractivity (Wildman–Crippen MR) is 52.5 cm³/mol. The summed E-state index contributed by atoms with van der Waals surface area (Å²) >= 11 is 0. The summed E-state index contributed by atoms with van der Waals surface area (Å²) in [4.78, 5) is 0. The average Bonchev–Trinajstić information content (AvgIpc) is 1.88. The van der Waals surface area contributed by atoms with E-state index in [0.717, 1.165) is 0 Å². The van der Waals surface area contributed by atoms with Crippen LogP contribution in [0.1, 0.15) is 47.5 Å². The van der Waals surface area contributed by atoms with Gasteiger partial charge in [0.2, 0.25) is 0 Å². The van der Waals surface area contributed by atoms with Crippen molar-refractivity contribution >= 4 is 9.24 Å². The van der Waals surface area contributed by atoms with Crippen molar-refractivity contribution < 1.29 is 0 Å². The summed E-state index contributed by atoms with van der Waals surface area (Å²) in [7, 11) is 2.98. The van der Waals surface area contributed by atoms with Gasteiger partial charge in [-0.3, -0.25) is 0 Å². The molecule has 0 amide bonds. The molecule has 10 heavy (non-hydrogen) atoms. The minimum Gasteiger partial charge on any atom is -0.131 e. The van der Waals surface area contributed by atoms with Crippen LogP contribution in [0.25, 0.3) is 0 Å². The molecule has 0 aromatic carbocycles. The molecular weight excluding hydrogens is 139 g/mol. The maximum absolute atomic E-state index is 2.98. The van der Waals surface area contributed by atoms with Crippen molar-refractivity contribution in [3.63, 3.8) is 0 Å². The van der Waals surface area contributed by atoms with Gasteiger partial charge in [-0.05, 0) is 17.0 Å². The third-order valence-electron chi connectivity index (χ3n) is 3.16. The number of rotatable bonds is 3. The molecule has 0 saturated carbocycles. The molecule has 0 aliphatic rings. The normalized spacial score (nSPS) is 18.6. The molecule has 0 N–H and O–H groups in total. The van der Waals surface area contributed by atoms with Gasteiger partial charge in [0.1, 0.15) is 0 Å². The van der Waals surface area contributed by atoms with E-state index in [9.17, 15) is 0 Å².